The van der Waals surface area contributed by atoms with Gasteiger partial charge in [-0.15, -0.1) is 11.3 Å². The normalized spacial score (nSPS) is 36.4. The maximum absolute atomic E-state index is 13.1. The van der Waals surface area contributed by atoms with Gasteiger partial charge in [0.2, 0.25) is 5.91 Å². The minimum absolute atomic E-state index is 0.0239. The molecule has 1 aromatic rings. The summed E-state index contributed by atoms with van der Waals surface area (Å²) in [7, 11) is -3.40. The number of fused-ring (bicyclic) bond motifs is 2. The molecule has 2 heterocycles. The van der Waals surface area contributed by atoms with E-state index in [9.17, 15) is 13.2 Å². The van der Waals surface area contributed by atoms with E-state index in [1.54, 1.807) is 21.8 Å². The average Bonchev–Trinajstić information content (AvgIpc) is 3.28. The van der Waals surface area contributed by atoms with E-state index >= 15 is 0 Å². The van der Waals surface area contributed by atoms with Gasteiger partial charge in [-0.05, 0) is 74.1 Å². The molecule has 4 atom stereocenters. The zero-order valence-corrected chi connectivity index (χ0v) is 17.9. The summed E-state index contributed by atoms with van der Waals surface area (Å²) >= 11 is 1.26. The first-order chi connectivity index (χ1) is 13.5. The third-order valence-corrected chi connectivity index (χ3v) is 11.1. The Hall–Kier alpha value is -0.920. The van der Waals surface area contributed by atoms with Crippen LogP contribution >= 0.6 is 11.3 Å². The van der Waals surface area contributed by atoms with Crippen LogP contribution in [0.5, 0.6) is 0 Å². The van der Waals surface area contributed by atoms with Crippen LogP contribution in [0.4, 0.5) is 0 Å². The van der Waals surface area contributed by atoms with E-state index in [4.69, 9.17) is 0 Å². The maximum atomic E-state index is 13.1. The lowest BCUT2D eigenvalue weighted by molar-refractivity contribution is -0.129. The quantitative estimate of drug-likeness (QED) is 0.806. The number of hydrogen-bond donors (Lipinski definition) is 1. The summed E-state index contributed by atoms with van der Waals surface area (Å²) in [6.07, 6.45) is 10.1. The molecule has 3 bridgehead atoms. The lowest BCUT2D eigenvalue weighted by Gasteiger charge is -2.42. The van der Waals surface area contributed by atoms with Gasteiger partial charge in [0, 0.05) is 24.5 Å². The van der Waals surface area contributed by atoms with Gasteiger partial charge in [-0.1, -0.05) is 18.9 Å². The molecule has 3 aliphatic carbocycles. The first kappa shape index (κ1) is 19.1. The van der Waals surface area contributed by atoms with Crippen molar-refractivity contribution in [2.24, 2.45) is 23.7 Å². The Morgan fingerprint density at radius 3 is 2.68 bits per heavy atom. The molecule has 0 spiro atoms. The van der Waals surface area contributed by atoms with E-state index in [-0.39, 0.29) is 17.4 Å². The number of thiophene rings is 1. The molecule has 0 aromatic carbocycles. The van der Waals surface area contributed by atoms with Crippen LogP contribution in [0.3, 0.4) is 0 Å². The molecule has 5 rings (SSSR count). The van der Waals surface area contributed by atoms with E-state index in [2.05, 4.69) is 5.32 Å². The number of nitrogens with one attached hydrogen (secondary N) is 1. The number of hydrogen-bond acceptors (Lipinski definition) is 4. The summed E-state index contributed by atoms with van der Waals surface area (Å²) in [5.41, 5.74) is 0.0239. The van der Waals surface area contributed by atoms with Crippen molar-refractivity contribution in [1.29, 1.82) is 0 Å². The highest BCUT2D eigenvalue weighted by atomic mass is 32.2. The van der Waals surface area contributed by atoms with E-state index in [0.29, 0.717) is 30.1 Å². The molecule has 5 nitrogen and oxygen atoms in total. The highest BCUT2D eigenvalue weighted by Gasteiger charge is 2.50. The number of carbonyl (C=O) groups is 1. The highest BCUT2D eigenvalue weighted by Crippen LogP contribution is 2.55. The molecular formula is C21H30N2O3S2. The number of rotatable bonds is 4. The average molecular weight is 423 g/mol. The van der Waals surface area contributed by atoms with Crippen molar-refractivity contribution in [1.82, 2.24) is 9.62 Å². The Balaban J connectivity index is 1.22. The van der Waals surface area contributed by atoms with E-state index in [1.165, 1.54) is 43.4 Å². The Morgan fingerprint density at radius 1 is 1.14 bits per heavy atom. The second kappa shape index (κ2) is 7.10. The predicted octanol–water partition coefficient (Wildman–Crippen LogP) is 3.62. The Labute approximate surface area is 171 Å². The summed E-state index contributed by atoms with van der Waals surface area (Å²) in [5, 5.41) is 5.30. The molecule has 1 amide bonds. The number of amides is 1. The van der Waals surface area contributed by atoms with Crippen LogP contribution < -0.4 is 5.32 Å². The van der Waals surface area contributed by atoms with Gasteiger partial charge in [-0.25, -0.2) is 8.42 Å². The third kappa shape index (κ3) is 3.33. The standard InChI is InChI=1S/C21H30N2O3S2/c24-20(22-21-7-1-3-17-11-15(13-21)12-18(17)14-21)16-5-8-23(9-6-16)28(25,26)19-4-2-10-27-19/h2,4,10,15-18H,1,3,5-9,11-14H2,(H,22,24). The maximum Gasteiger partial charge on any atom is 0.252 e. The molecule has 154 valence electrons. The minimum atomic E-state index is -3.40. The second-order valence-electron chi connectivity index (χ2n) is 9.54. The molecule has 28 heavy (non-hydrogen) atoms. The topological polar surface area (TPSA) is 66.5 Å². The molecule has 4 aliphatic rings. The van der Waals surface area contributed by atoms with Crippen molar-refractivity contribution in [2.75, 3.05) is 13.1 Å². The Bertz CT molecular complexity index is 830. The van der Waals surface area contributed by atoms with Gasteiger partial charge in [0.05, 0.1) is 0 Å². The molecule has 1 aliphatic heterocycles. The predicted molar refractivity (Wildman–Crippen MR) is 109 cm³/mol. The molecule has 4 fully saturated rings. The van der Waals surface area contributed by atoms with Crippen LogP contribution in [0.15, 0.2) is 21.7 Å². The van der Waals surface area contributed by atoms with Gasteiger partial charge in [0.1, 0.15) is 4.21 Å². The number of nitrogens with zero attached hydrogens (tertiary/aromatic N) is 1. The summed E-state index contributed by atoms with van der Waals surface area (Å²) in [6.45, 7) is 0.886. The summed E-state index contributed by atoms with van der Waals surface area (Å²) in [5.74, 6) is 2.65. The van der Waals surface area contributed by atoms with Crippen LogP contribution in [-0.2, 0) is 14.8 Å². The van der Waals surface area contributed by atoms with Gasteiger partial charge in [0.15, 0.2) is 0 Å². The zero-order valence-electron chi connectivity index (χ0n) is 16.3. The smallest absolute Gasteiger partial charge is 0.252 e. The number of piperidine rings is 1. The van der Waals surface area contributed by atoms with Crippen LogP contribution in [0.1, 0.15) is 57.8 Å². The molecular weight excluding hydrogens is 392 g/mol. The monoisotopic (exact) mass is 422 g/mol. The fourth-order valence-corrected chi connectivity index (χ4v) is 9.19. The second-order valence-corrected chi connectivity index (χ2v) is 12.7. The fraction of sp³-hybridized carbons (Fsp3) is 0.762. The Morgan fingerprint density at radius 2 is 1.93 bits per heavy atom. The van der Waals surface area contributed by atoms with Gasteiger partial charge in [0.25, 0.3) is 10.0 Å². The number of sulfonamides is 1. The highest BCUT2D eigenvalue weighted by molar-refractivity contribution is 7.91. The largest absolute Gasteiger partial charge is 0.350 e. The van der Waals surface area contributed by atoms with Gasteiger partial charge < -0.3 is 5.32 Å². The fourth-order valence-electron chi connectivity index (χ4n) is 6.58. The summed E-state index contributed by atoms with van der Waals surface area (Å²) < 4.78 is 27.4. The van der Waals surface area contributed by atoms with Crippen LogP contribution in [0, 0.1) is 23.7 Å². The van der Waals surface area contributed by atoms with Crippen LogP contribution in [0.25, 0.3) is 0 Å². The van der Waals surface area contributed by atoms with Gasteiger partial charge >= 0.3 is 0 Å². The van der Waals surface area contributed by atoms with E-state index in [1.807, 2.05) is 0 Å². The summed E-state index contributed by atoms with van der Waals surface area (Å²) in [6, 6.07) is 3.43. The molecule has 3 saturated carbocycles. The van der Waals surface area contributed by atoms with Crippen LogP contribution in [-0.4, -0.2) is 37.3 Å². The molecule has 1 N–H and O–H groups in total. The minimum Gasteiger partial charge on any atom is -0.350 e. The van der Waals surface area contributed by atoms with Crippen molar-refractivity contribution in [3.63, 3.8) is 0 Å². The molecule has 7 heteroatoms. The van der Waals surface area contributed by atoms with Crippen molar-refractivity contribution >= 4 is 27.3 Å². The van der Waals surface area contributed by atoms with Crippen molar-refractivity contribution in [2.45, 2.75) is 67.5 Å². The first-order valence-corrected chi connectivity index (χ1v) is 13.1. The van der Waals surface area contributed by atoms with E-state index in [0.717, 1.165) is 30.6 Å². The van der Waals surface area contributed by atoms with E-state index < -0.39 is 10.0 Å². The van der Waals surface area contributed by atoms with Crippen molar-refractivity contribution in [3.8, 4) is 0 Å². The Kier molecular flexibility index (Phi) is 4.83. The lowest BCUT2D eigenvalue weighted by Crippen LogP contribution is -2.54. The molecule has 0 radical (unpaired) electrons. The van der Waals surface area contributed by atoms with Crippen molar-refractivity contribution < 1.29 is 13.2 Å². The molecule has 1 saturated heterocycles. The SMILES string of the molecule is O=C(NC12CCCC3CC(CC3C1)C2)C1CCN(S(=O)(=O)c2cccs2)CC1. The lowest BCUT2D eigenvalue weighted by atomic mass is 9.73. The van der Waals surface area contributed by atoms with Crippen molar-refractivity contribution in [3.05, 3.63) is 17.5 Å². The zero-order chi connectivity index (χ0) is 19.4. The molecule has 1 aromatic heterocycles. The third-order valence-electron chi connectivity index (χ3n) is 7.80. The summed E-state index contributed by atoms with van der Waals surface area (Å²) in [4.78, 5) is 13.1. The van der Waals surface area contributed by atoms with Gasteiger partial charge in [-0.2, -0.15) is 4.31 Å². The molecule has 4 unspecified atom stereocenters. The van der Waals surface area contributed by atoms with Gasteiger partial charge in [-0.3, -0.25) is 4.79 Å². The number of carbonyl (C=O) groups excluding carboxylic acids is 1. The first-order valence-electron chi connectivity index (χ1n) is 10.8. The van der Waals surface area contributed by atoms with Crippen LogP contribution in [0.2, 0.25) is 0 Å².